The highest BCUT2D eigenvalue weighted by atomic mass is 79.9. The van der Waals surface area contributed by atoms with E-state index in [1.54, 1.807) is 0 Å². The predicted molar refractivity (Wildman–Crippen MR) is 52.1 cm³/mol. The van der Waals surface area contributed by atoms with E-state index in [9.17, 15) is 4.39 Å². The summed E-state index contributed by atoms with van der Waals surface area (Å²) in [5.41, 5.74) is 0.538. The van der Waals surface area contributed by atoms with Crippen LogP contribution in [0.2, 0.25) is 0 Å². The second-order valence-electron chi connectivity index (χ2n) is 2.38. The number of benzene rings is 1. The van der Waals surface area contributed by atoms with Gasteiger partial charge in [-0.3, -0.25) is 0 Å². The first kappa shape index (κ1) is 8.13. The molecule has 0 N–H and O–H groups in total. The Morgan fingerprint density at radius 2 is 2.33 bits per heavy atom. The molecular formula is C8H5BrFNS. The molecule has 0 atom stereocenters. The van der Waals surface area contributed by atoms with Gasteiger partial charge in [0.2, 0.25) is 0 Å². The van der Waals surface area contributed by atoms with Gasteiger partial charge in [0, 0.05) is 9.86 Å². The maximum atomic E-state index is 12.3. The van der Waals surface area contributed by atoms with Gasteiger partial charge >= 0.3 is 0 Å². The molecule has 0 aliphatic carbocycles. The summed E-state index contributed by atoms with van der Waals surface area (Å²) in [6.07, 6.45) is 0. The molecule has 0 fully saturated rings. The van der Waals surface area contributed by atoms with Gasteiger partial charge in [0.25, 0.3) is 0 Å². The topological polar surface area (TPSA) is 12.9 Å². The van der Waals surface area contributed by atoms with Crippen molar-refractivity contribution in [2.24, 2.45) is 0 Å². The summed E-state index contributed by atoms with van der Waals surface area (Å²) in [6.45, 7) is -0.490. The minimum Gasteiger partial charge on any atom is -0.244 e. The van der Waals surface area contributed by atoms with Crippen molar-refractivity contribution in [3.63, 3.8) is 0 Å². The minimum absolute atomic E-state index is 0.490. The number of hydrogen-bond acceptors (Lipinski definition) is 2. The fourth-order valence-electron chi connectivity index (χ4n) is 1.08. The van der Waals surface area contributed by atoms with Crippen LogP contribution in [0.15, 0.2) is 22.7 Å². The van der Waals surface area contributed by atoms with Gasteiger partial charge in [-0.05, 0) is 33.5 Å². The summed E-state index contributed by atoms with van der Waals surface area (Å²) >= 11 is 4.72. The van der Waals surface area contributed by atoms with Crippen LogP contribution in [0.25, 0.3) is 10.1 Å². The SMILES string of the molecule is FCc1nsc2c(Br)cccc12. The number of rotatable bonds is 1. The Hall–Kier alpha value is -0.480. The maximum Gasteiger partial charge on any atom is 0.133 e. The van der Waals surface area contributed by atoms with Crippen molar-refractivity contribution < 1.29 is 4.39 Å². The molecule has 1 aromatic heterocycles. The van der Waals surface area contributed by atoms with Gasteiger partial charge in [0.15, 0.2) is 0 Å². The van der Waals surface area contributed by atoms with Crippen molar-refractivity contribution in [2.75, 3.05) is 0 Å². The summed E-state index contributed by atoms with van der Waals surface area (Å²) in [5, 5.41) is 0.914. The number of alkyl halides is 1. The summed E-state index contributed by atoms with van der Waals surface area (Å²) in [6, 6.07) is 5.71. The molecule has 4 heteroatoms. The Bertz CT molecular complexity index is 412. The molecule has 62 valence electrons. The van der Waals surface area contributed by atoms with Crippen molar-refractivity contribution in [1.29, 1.82) is 0 Å². The zero-order chi connectivity index (χ0) is 8.55. The van der Waals surface area contributed by atoms with E-state index in [1.165, 1.54) is 11.5 Å². The number of hydrogen-bond donors (Lipinski definition) is 0. The molecule has 1 heterocycles. The molecule has 2 rings (SSSR count). The number of halogens is 2. The van der Waals surface area contributed by atoms with Gasteiger partial charge in [-0.25, -0.2) is 4.39 Å². The van der Waals surface area contributed by atoms with Crippen LogP contribution in [0.5, 0.6) is 0 Å². The van der Waals surface area contributed by atoms with E-state index >= 15 is 0 Å². The van der Waals surface area contributed by atoms with Crippen LogP contribution < -0.4 is 0 Å². The van der Waals surface area contributed by atoms with Crippen molar-refractivity contribution in [3.8, 4) is 0 Å². The van der Waals surface area contributed by atoms with E-state index in [0.717, 1.165) is 14.6 Å². The van der Waals surface area contributed by atoms with Gasteiger partial charge in [-0.1, -0.05) is 12.1 Å². The van der Waals surface area contributed by atoms with E-state index in [-0.39, 0.29) is 0 Å². The maximum absolute atomic E-state index is 12.3. The molecule has 12 heavy (non-hydrogen) atoms. The first-order valence-electron chi connectivity index (χ1n) is 3.41. The van der Waals surface area contributed by atoms with E-state index < -0.39 is 6.67 Å². The summed E-state index contributed by atoms with van der Waals surface area (Å²) in [5.74, 6) is 0. The van der Waals surface area contributed by atoms with Gasteiger partial charge < -0.3 is 0 Å². The standard InChI is InChI=1S/C8H5BrFNS/c9-6-3-1-2-5-7(4-10)11-12-8(5)6/h1-3H,4H2. The van der Waals surface area contributed by atoms with E-state index in [0.29, 0.717) is 5.69 Å². The van der Waals surface area contributed by atoms with Crippen LogP contribution in [0.4, 0.5) is 4.39 Å². The average Bonchev–Trinajstić information content (AvgIpc) is 2.49. The summed E-state index contributed by atoms with van der Waals surface area (Å²) < 4.78 is 18.4. The number of fused-ring (bicyclic) bond motifs is 1. The normalized spacial score (nSPS) is 10.8. The molecule has 0 unspecified atom stereocenters. The Balaban J connectivity index is 2.80. The van der Waals surface area contributed by atoms with Crippen LogP contribution in [0.1, 0.15) is 5.69 Å². The van der Waals surface area contributed by atoms with E-state index in [1.807, 2.05) is 18.2 Å². The molecule has 1 aromatic carbocycles. The zero-order valence-electron chi connectivity index (χ0n) is 6.05. The fourth-order valence-corrected chi connectivity index (χ4v) is 2.45. The lowest BCUT2D eigenvalue weighted by Gasteiger charge is -1.91. The molecule has 1 nitrogen and oxygen atoms in total. The third kappa shape index (κ3) is 1.15. The van der Waals surface area contributed by atoms with E-state index in [4.69, 9.17) is 0 Å². The lowest BCUT2D eigenvalue weighted by atomic mass is 10.2. The zero-order valence-corrected chi connectivity index (χ0v) is 8.45. The number of nitrogens with zero attached hydrogens (tertiary/aromatic N) is 1. The first-order chi connectivity index (χ1) is 5.83. The highest BCUT2D eigenvalue weighted by molar-refractivity contribution is 9.10. The minimum atomic E-state index is -0.490. The number of aromatic nitrogens is 1. The van der Waals surface area contributed by atoms with Crippen LogP contribution in [0, 0.1) is 0 Å². The molecule has 0 saturated carbocycles. The Morgan fingerprint density at radius 3 is 3.08 bits per heavy atom. The predicted octanol–water partition coefficient (Wildman–Crippen LogP) is 3.53. The second kappa shape index (κ2) is 3.11. The highest BCUT2D eigenvalue weighted by Gasteiger charge is 2.06. The molecule has 0 amide bonds. The lowest BCUT2D eigenvalue weighted by Crippen LogP contribution is -1.76. The van der Waals surface area contributed by atoms with Crippen molar-refractivity contribution in [2.45, 2.75) is 6.67 Å². The van der Waals surface area contributed by atoms with E-state index in [2.05, 4.69) is 20.3 Å². The third-order valence-corrected chi connectivity index (χ3v) is 3.51. The quantitative estimate of drug-likeness (QED) is 0.750. The van der Waals surface area contributed by atoms with Gasteiger partial charge in [-0.2, -0.15) is 4.37 Å². The first-order valence-corrected chi connectivity index (χ1v) is 4.98. The molecule has 0 aliphatic heterocycles. The van der Waals surface area contributed by atoms with Crippen molar-refractivity contribution >= 4 is 37.5 Å². The van der Waals surface area contributed by atoms with Crippen molar-refractivity contribution in [1.82, 2.24) is 4.37 Å². The van der Waals surface area contributed by atoms with Crippen LogP contribution in [-0.2, 0) is 6.67 Å². The van der Waals surface area contributed by atoms with Crippen molar-refractivity contribution in [3.05, 3.63) is 28.4 Å². The molecule has 0 saturated heterocycles. The summed E-state index contributed by atoms with van der Waals surface area (Å²) in [7, 11) is 0. The monoisotopic (exact) mass is 245 g/mol. The molecule has 2 aromatic rings. The molecule has 0 spiro atoms. The van der Waals surface area contributed by atoms with Gasteiger partial charge in [0.1, 0.15) is 6.67 Å². The van der Waals surface area contributed by atoms with Gasteiger partial charge in [-0.15, -0.1) is 0 Å². The third-order valence-electron chi connectivity index (χ3n) is 1.65. The molecule has 0 bridgehead atoms. The van der Waals surface area contributed by atoms with Crippen LogP contribution >= 0.6 is 27.5 Å². The molecular weight excluding hydrogens is 241 g/mol. The summed E-state index contributed by atoms with van der Waals surface area (Å²) in [4.78, 5) is 0. The Morgan fingerprint density at radius 1 is 1.50 bits per heavy atom. The van der Waals surface area contributed by atoms with Gasteiger partial charge in [0.05, 0.1) is 10.4 Å². The average molecular weight is 246 g/mol. The van der Waals surface area contributed by atoms with Crippen LogP contribution in [-0.4, -0.2) is 4.37 Å². The Kier molecular flexibility index (Phi) is 2.11. The molecule has 0 radical (unpaired) electrons. The Labute approximate surface area is 81.5 Å². The smallest absolute Gasteiger partial charge is 0.133 e. The largest absolute Gasteiger partial charge is 0.244 e. The molecule has 0 aliphatic rings. The second-order valence-corrected chi connectivity index (χ2v) is 4.01. The van der Waals surface area contributed by atoms with Crippen LogP contribution in [0.3, 0.4) is 0 Å². The lowest BCUT2D eigenvalue weighted by molar-refractivity contribution is 0.481. The fraction of sp³-hybridized carbons (Fsp3) is 0.125. The highest BCUT2D eigenvalue weighted by Crippen LogP contribution is 2.29.